The minimum atomic E-state index is -0.355. The van der Waals surface area contributed by atoms with Crippen molar-refractivity contribution >= 4 is 11.9 Å². The maximum Gasteiger partial charge on any atom is 0.317 e. The maximum absolute atomic E-state index is 11.2. The molecule has 0 aromatic heterocycles. The van der Waals surface area contributed by atoms with Gasteiger partial charge in [0.1, 0.15) is 0 Å². The topological polar surface area (TPSA) is 43.4 Å². The number of hydrogen-bond donors (Lipinski definition) is 0. The molecule has 1 aliphatic heterocycles. The molecular weight excluding hydrogens is 216 g/mol. The molecule has 0 bridgehead atoms. The fourth-order valence-corrected chi connectivity index (χ4v) is 2.09. The summed E-state index contributed by atoms with van der Waals surface area (Å²) in [5.41, 5.74) is 0. The molecule has 0 aromatic rings. The largest absolute Gasteiger partial charge is 0.393 e. The fourth-order valence-electron chi connectivity index (χ4n) is 2.09. The number of cyclic esters (lactones) is 2. The standard InChI is InChI=1S/C14H22O3/c1-2-3-4-5-6-7-8-9-10-12-11-13(15)17-14(12)16/h2-3,12H,4-11H2,1H3/b3-2+. The van der Waals surface area contributed by atoms with Crippen molar-refractivity contribution in [2.45, 2.75) is 58.3 Å². The van der Waals surface area contributed by atoms with Gasteiger partial charge in [-0.3, -0.25) is 9.59 Å². The normalized spacial score (nSPS) is 20.2. The zero-order valence-electron chi connectivity index (χ0n) is 10.6. The molecule has 1 atom stereocenters. The number of carbonyl (C=O) groups is 2. The van der Waals surface area contributed by atoms with Crippen molar-refractivity contribution in [1.82, 2.24) is 0 Å². The lowest BCUT2D eigenvalue weighted by Crippen LogP contribution is -2.06. The summed E-state index contributed by atoms with van der Waals surface area (Å²) in [6.45, 7) is 2.04. The summed E-state index contributed by atoms with van der Waals surface area (Å²) in [6.07, 6.45) is 12.4. The Morgan fingerprint density at radius 1 is 1.18 bits per heavy atom. The number of rotatable bonds is 8. The van der Waals surface area contributed by atoms with E-state index in [0.29, 0.717) is 6.42 Å². The number of hydrogen-bond acceptors (Lipinski definition) is 3. The number of esters is 2. The van der Waals surface area contributed by atoms with Crippen molar-refractivity contribution in [3.63, 3.8) is 0 Å². The van der Waals surface area contributed by atoms with E-state index in [4.69, 9.17) is 0 Å². The smallest absolute Gasteiger partial charge is 0.317 e. The predicted molar refractivity (Wildman–Crippen MR) is 66.3 cm³/mol. The first-order valence-corrected chi connectivity index (χ1v) is 6.59. The molecule has 0 amide bonds. The van der Waals surface area contributed by atoms with Gasteiger partial charge in [0.05, 0.1) is 12.3 Å². The summed E-state index contributed by atoms with van der Waals surface area (Å²) in [5, 5.41) is 0. The third-order valence-corrected chi connectivity index (χ3v) is 3.12. The quantitative estimate of drug-likeness (QED) is 0.282. The molecule has 96 valence electrons. The Morgan fingerprint density at radius 3 is 2.53 bits per heavy atom. The van der Waals surface area contributed by atoms with E-state index >= 15 is 0 Å². The second-order valence-corrected chi connectivity index (χ2v) is 4.61. The summed E-state index contributed by atoms with van der Waals surface area (Å²) in [7, 11) is 0. The lowest BCUT2D eigenvalue weighted by Gasteiger charge is -2.03. The van der Waals surface area contributed by atoms with Crippen LogP contribution in [0.4, 0.5) is 0 Å². The molecule has 0 spiro atoms. The molecule has 0 saturated carbocycles. The SMILES string of the molecule is C/C=C/CCCCCCCC1CC(=O)OC1=O. The number of allylic oxidation sites excluding steroid dienone is 2. The third kappa shape index (κ3) is 5.66. The van der Waals surface area contributed by atoms with Gasteiger partial charge in [-0.05, 0) is 26.2 Å². The zero-order valence-corrected chi connectivity index (χ0v) is 10.6. The number of carbonyl (C=O) groups excluding carboxylic acids is 2. The van der Waals surface area contributed by atoms with Gasteiger partial charge in [-0.2, -0.15) is 0 Å². The van der Waals surface area contributed by atoms with Gasteiger partial charge in [-0.1, -0.05) is 37.8 Å². The number of ether oxygens (including phenoxy) is 1. The molecule has 1 heterocycles. The Balaban J connectivity index is 1.94. The Morgan fingerprint density at radius 2 is 1.88 bits per heavy atom. The highest BCUT2D eigenvalue weighted by atomic mass is 16.6. The fraction of sp³-hybridized carbons (Fsp3) is 0.714. The Hall–Kier alpha value is -1.12. The average molecular weight is 238 g/mol. The van der Waals surface area contributed by atoms with Crippen LogP contribution in [-0.2, 0) is 14.3 Å². The molecule has 1 rings (SSSR count). The van der Waals surface area contributed by atoms with Gasteiger partial charge >= 0.3 is 11.9 Å². The van der Waals surface area contributed by atoms with Gasteiger partial charge in [0.25, 0.3) is 0 Å². The van der Waals surface area contributed by atoms with Crippen LogP contribution in [0.2, 0.25) is 0 Å². The molecule has 17 heavy (non-hydrogen) atoms. The van der Waals surface area contributed by atoms with Crippen molar-refractivity contribution < 1.29 is 14.3 Å². The molecule has 3 heteroatoms. The molecule has 0 aromatic carbocycles. The second-order valence-electron chi connectivity index (χ2n) is 4.61. The van der Waals surface area contributed by atoms with E-state index in [-0.39, 0.29) is 17.9 Å². The van der Waals surface area contributed by atoms with Gasteiger partial charge in [-0.25, -0.2) is 0 Å². The lowest BCUT2D eigenvalue weighted by molar-refractivity contribution is -0.153. The lowest BCUT2D eigenvalue weighted by atomic mass is 9.99. The molecule has 0 aliphatic carbocycles. The van der Waals surface area contributed by atoms with Crippen molar-refractivity contribution in [3.8, 4) is 0 Å². The third-order valence-electron chi connectivity index (χ3n) is 3.12. The van der Waals surface area contributed by atoms with Crippen LogP contribution in [-0.4, -0.2) is 11.9 Å². The first kappa shape index (κ1) is 13.9. The van der Waals surface area contributed by atoms with Crippen LogP contribution in [0.15, 0.2) is 12.2 Å². The Labute approximate surface area is 103 Å². The Kier molecular flexibility index (Phi) is 6.60. The second kappa shape index (κ2) is 8.04. The van der Waals surface area contributed by atoms with Crippen LogP contribution in [0.1, 0.15) is 58.3 Å². The van der Waals surface area contributed by atoms with Gasteiger partial charge in [0.2, 0.25) is 0 Å². The molecule has 3 nitrogen and oxygen atoms in total. The van der Waals surface area contributed by atoms with Gasteiger partial charge in [0, 0.05) is 0 Å². The van der Waals surface area contributed by atoms with Gasteiger partial charge in [-0.15, -0.1) is 0 Å². The number of unbranched alkanes of at least 4 members (excludes halogenated alkanes) is 5. The molecule has 1 fully saturated rings. The zero-order chi connectivity index (χ0) is 12.5. The van der Waals surface area contributed by atoms with Gasteiger partial charge < -0.3 is 4.74 Å². The average Bonchev–Trinajstić information content (AvgIpc) is 2.61. The molecule has 1 saturated heterocycles. The summed E-state index contributed by atoms with van der Waals surface area (Å²) >= 11 is 0. The van der Waals surface area contributed by atoms with Crippen molar-refractivity contribution in [1.29, 1.82) is 0 Å². The molecule has 0 N–H and O–H groups in total. The highest BCUT2D eigenvalue weighted by Gasteiger charge is 2.32. The van der Waals surface area contributed by atoms with E-state index in [2.05, 4.69) is 16.9 Å². The summed E-state index contributed by atoms with van der Waals surface area (Å²) in [5.74, 6) is -0.833. The van der Waals surface area contributed by atoms with Crippen molar-refractivity contribution in [2.75, 3.05) is 0 Å². The molecule has 0 radical (unpaired) electrons. The van der Waals surface area contributed by atoms with E-state index < -0.39 is 0 Å². The summed E-state index contributed by atoms with van der Waals surface area (Å²) in [4.78, 5) is 22.0. The predicted octanol–water partition coefficient (Wildman–Crippen LogP) is 3.38. The molecule has 1 unspecified atom stereocenters. The van der Waals surface area contributed by atoms with Crippen LogP contribution in [0.25, 0.3) is 0 Å². The Bertz CT molecular complexity index is 281. The van der Waals surface area contributed by atoms with Crippen LogP contribution in [0, 0.1) is 5.92 Å². The minimum Gasteiger partial charge on any atom is -0.393 e. The monoisotopic (exact) mass is 238 g/mol. The first-order chi connectivity index (χ1) is 8.24. The van der Waals surface area contributed by atoms with E-state index in [9.17, 15) is 9.59 Å². The highest BCUT2D eigenvalue weighted by molar-refractivity contribution is 5.94. The van der Waals surface area contributed by atoms with Crippen LogP contribution < -0.4 is 0 Å². The van der Waals surface area contributed by atoms with Crippen LogP contribution in [0.5, 0.6) is 0 Å². The van der Waals surface area contributed by atoms with Crippen LogP contribution in [0.3, 0.4) is 0 Å². The van der Waals surface area contributed by atoms with E-state index in [1.165, 1.54) is 25.7 Å². The van der Waals surface area contributed by atoms with Gasteiger partial charge in [0.15, 0.2) is 0 Å². The molecular formula is C14H22O3. The minimum absolute atomic E-state index is 0.162. The van der Waals surface area contributed by atoms with E-state index in [0.717, 1.165) is 19.3 Å². The van der Waals surface area contributed by atoms with E-state index in [1.807, 2.05) is 6.92 Å². The summed E-state index contributed by atoms with van der Waals surface area (Å²) < 4.78 is 4.51. The van der Waals surface area contributed by atoms with Crippen molar-refractivity contribution in [2.24, 2.45) is 5.92 Å². The van der Waals surface area contributed by atoms with E-state index in [1.54, 1.807) is 0 Å². The van der Waals surface area contributed by atoms with Crippen LogP contribution >= 0.6 is 0 Å². The summed E-state index contributed by atoms with van der Waals surface area (Å²) in [6, 6.07) is 0. The van der Waals surface area contributed by atoms with Crippen molar-refractivity contribution in [3.05, 3.63) is 12.2 Å². The highest BCUT2D eigenvalue weighted by Crippen LogP contribution is 2.22. The maximum atomic E-state index is 11.2. The molecule has 1 aliphatic rings. The first-order valence-electron chi connectivity index (χ1n) is 6.59.